The number of hydrogen-bond donors (Lipinski definition) is 3. The third-order valence-corrected chi connectivity index (χ3v) is 8.09. The molecule has 0 spiro atoms. The average Bonchev–Trinajstić information content (AvgIpc) is 3.81. The Hall–Kier alpha value is -3.39. The zero-order valence-corrected chi connectivity index (χ0v) is 24.1. The Bertz CT molecular complexity index is 1260. The highest BCUT2D eigenvalue weighted by molar-refractivity contribution is 5.94. The number of nitrogens with zero attached hydrogens (tertiary/aromatic N) is 4. The summed E-state index contributed by atoms with van der Waals surface area (Å²) in [6.45, 7) is 1.13. The molecule has 0 saturated heterocycles. The highest BCUT2D eigenvalue weighted by atomic mass is 19.4. The molecule has 2 aliphatic rings. The number of fused-ring (bicyclic) bond motifs is 1. The van der Waals surface area contributed by atoms with Gasteiger partial charge in [0.15, 0.2) is 5.69 Å². The number of carboxylic acid groups (broad SMARTS) is 1. The van der Waals surface area contributed by atoms with E-state index in [1.165, 1.54) is 12.7 Å². The summed E-state index contributed by atoms with van der Waals surface area (Å²) in [6, 6.07) is 2.77. The molecule has 4 rings (SSSR count). The maximum absolute atomic E-state index is 13.6. The molecular formula is C29H38F4N6O4. The minimum Gasteiger partial charge on any atom is -0.480 e. The number of alkyl halides is 4. The van der Waals surface area contributed by atoms with Crippen molar-refractivity contribution in [2.45, 2.75) is 75.1 Å². The number of pyridine rings is 1. The van der Waals surface area contributed by atoms with Gasteiger partial charge < -0.3 is 25.4 Å². The summed E-state index contributed by atoms with van der Waals surface area (Å²) in [5.74, 6) is -1.19. The van der Waals surface area contributed by atoms with Gasteiger partial charge in [0, 0.05) is 44.2 Å². The van der Waals surface area contributed by atoms with Crippen molar-refractivity contribution in [1.29, 1.82) is 0 Å². The molecule has 14 heteroatoms. The number of carbonyl (C=O) groups excluding carboxylic acids is 1. The number of aliphatic carboxylic acids is 1. The summed E-state index contributed by atoms with van der Waals surface area (Å²) in [7, 11) is 1.40. The fraction of sp³-hybridized carbons (Fsp3) is 0.621. The van der Waals surface area contributed by atoms with Crippen molar-refractivity contribution >= 4 is 17.7 Å². The van der Waals surface area contributed by atoms with Crippen molar-refractivity contribution in [3.8, 4) is 0 Å². The predicted octanol–water partition coefficient (Wildman–Crippen LogP) is 3.55. The number of anilines is 1. The van der Waals surface area contributed by atoms with Crippen molar-refractivity contribution in [3.05, 3.63) is 47.2 Å². The summed E-state index contributed by atoms with van der Waals surface area (Å²) >= 11 is 0. The Morgan fingerprint density at radius 2 is 2.02 bits per heavy atom. The highest BCUT2D eigenvalue weighted by Gasteiger charge is 2.56. The summed E-state index contributed by atoms with van der Waals surface area (Å²) < 4.78 is 59.3. The first-order valence-corrected chi connectivity index (χ1v) is 14.5. The van der Waals surface area contributed by atoms with Crippen LogP contribution in [0.3, 0.4) is 0 Å². The second kappa shape index (κ2) is 14.4. The van der Waals surface area contributed by atoms with Gasteiger partial charge in [0.05, 0.1) is 11.5 Å². The van der Waals surface area contributed by atoms with Gasteiger partial charge in [0.25, 0.3) is 0 Å². The van der Waals surface area contributed by atoms with E-state index in [4.69, 9.17) is 9.72 Å². The first kappa shape index (κ1) is 32.5. The fourth-order valence-electron chi connectivity index (χ4n) is 5.43. The number of hydrogen-bond acceptors (Lipinski definition) is 8. The molecule has 0 aromatic carbocycles. The Kier molecular flexibility index (Phi) is 10.9. The molecule has 236 valence electrons. The normalized spacial score (nSPS) is 17.1. The Morgan fingerprint density at radius 1 is 1.23 bits per heavy atom. The number of unbranched alkanes of at least 4 members (excludes halogenated alkanes) is 1. The number of methoxy groups -OCH3 is 1. The number of amides is 1. The van der Waals surface area contributed by atoms with Crippen LogP contribution in [-0.4, -0.2) is 88.9 Å². The van der Waals surface area contributed by atoms with Crippen molar-refractivity contribution in [2.75, 3.05) is 45.3 Å². The molecule has 0 radical (unpaired) electrons. The molecule has 2 aromatic heterocycles. The number of rotatable bonds is 16. The van der Waals surface area contributed by atoms with Crippen LogP contribution in [0.5, 0.6) is 0 Å². The molecule has 2 aromatic rings. The van der Waals surface area contributed by atoms with Gasteiger partial charge in [0.1, 0.15) is 24.9 Å². The van der Waals surface area contributed by atoms with Crippen LogP contribution in [0.1, 0.15) is 61.0 Å². The number of halogens is 4. The number of carboxylic acids is 1. The lowest BCUT2D eigenvalue weighted by Crippen LogP contribution is -2.48. The Balaban J connectivity index is 1.35. The zero-order chi connectivity index (χ0) is 31.0. The third kappa shape index (κ3) is 8.37. The van der Waals surface area contributed by atoms with E-state index >= 15 is 0 Å². The minimum atomic E-state index is -4.79. The summed E-state index contributed by atoms with van der Waals surface area (Å²) in [5.41, 5.74) is -0.913. The minimum absolute atomic E-state index is 0.0324. The quantitative estimate of drug-likeness (QED) is 0.193. The van der Waals surface area contributed by atoms with Crippen LogP contribution in [0.25, 0.3) is 0 Å². The van der Waals surface area contributed by atoms with E-state index < -0.39 is 48.0 Å². The van der Waals surface area contributed by atoms with Crippen molar-refractivity contribution in [3.63, 3.8) is 0 Å². The number of ether oxygens (including phenoxy) is 1. The van der Waals surface area contributed by atoms with E-state index in [9.17, 15) is 32.3 Å². The van der Waals surface area contributed by atoms with E-state index in [1.807, 2.05) is 11.0 Å². The van der Waals surface area contributed by atoms with Crippen molar-refractivity contribution in [1.82, 2.24) is 25.2 Å². The lowest BCUT2D eigenvalue weighted by molar-refractivity contribution is -0.144. The van der Waals surface area contributed by atoms with Gasteiger partial charge in [-0.05, 0) is 69.5 Å². The van der Waals surface area contributed by atoms with Crippen molar-refractivity contribution < 1.29 is 37.0 Å². The average molecular weight is 611 g/mol. The molecule has 43 heavy (non-hydrogen) atoms. The van der Waals surface area contributed by atoms with E-state index in [0.29, 0.717) is 6.54 Å². The van der Waals surface area contributed by atoms with Crippen LogP contribution in [0.15, 0.2) is 24.7 Å². The summed E-state index contributed by atoms with van der Waals surface area (Å²) in [6.07, 6.45) is 0.819. The lowest BCUT2D eigenvalue weighted by Gasteiger charge is -2.28. The fourth-order valence-corrected chi connectivity index (χ4v) is 5.43. The molecule has 1 aliphatic carbocycles. The predicted molar refractivity (Wildman–Crippen MR) is 149 cm³/mol. The third-order valence-electron chi connectivity index (χ3n) is 8.09. The summed E-state index contributed by atoms with van der Waals surface area (Å²) in [4.78, 5) is 38.9. The molecule has 1 saturated carbocycles. The summed E-state index contributed by atoms with van der Waals surface area (Å²) in [5, 5.41) is 15.6. The molecule has 0 bridgehead atoms. The molecule has 1 aliphatic heterocycles. The van der Waals surface area contributed by atoms with Crippen LogP contribution >= 0.6 is 0 Å². The highest BCUT2D eigenvalue weighted by Crippen LogP contribution is 2.51. The lowest BCUT2D eigenvalue weighted by atomic mass is 9.93. The molecule has 1 amide bonds. The van der Waals surface area contributed by atoms with E-state index in [-0.39, 0.29) is 37.9 Å². The van der Waals surface area contributed by atoms with Gasteiger partial charge in [-0.25, -0.2) is 24.1 Å². The topological polar surface area (TPSA) is 130 Å². The second-order valence-electron chi connectivity index (χ2n) is 11.1. The van der Waals surface area contributed by atoms with Crippen LogP contribution in [0.4, 0.5) is 23.4 Å². The SMILES string of the molecule is COC(CF)CN(CCCCc1ccc2c(n1)NCCC2)CCC(NC(=O)C1(c2cncnc2C(F)(F)F)CC1)C(=O)O. The first-order chi connectivity index (χ1) is 20.6. The molecule has 3 heterocycles. The molecule has 2 atom stereocenters. The number of nitrogens with one attached hydrogen (secondary N) is 2. The monoisotopic (exact) mass is 610 g/mol. The van der Waals surface area contributed by atoms with Gasteiger partial charge in [-0.15, -0.1) is 0 Å². The standard InChI is InChI=1S/C29H38F4N6O4/c1-43-21(15-30)17-39(13-3-2-6-20-8-7-19-5-4-12-35-25(19)37-20)14-9-23(26(40)41)38-27(42)28(10-11-28)22-16-34-18-36-24(22)29(31,32)33/h7-8,16,18,21,23H,2-6,9-15,17H2,1H3,(H,35,37)(H,38,42)(H,40,41). The van der Waals surface area contributed by atoms with E-state index in [1.54, 1.807) is 0 Å². The smallest absolute Gasteiger partial charge is 0.433 e. The number of aryl methyl sites for hydroxylation is 2. The van der Waals surface area contributed by atoms with Gasteiger partial charge >= 0.3 is 12.1 Å². The van der Waals surface area contributed by atoms with Gasteiger partial charge in [-0.1, -0.05) is 6.07 Å². The number of aromatic nitrogens is 3. The molecule has 10 nitrogen and oxygen atoms in total. The van der Waals surface area contributed by atoms with Crippen LogP contribution in [0.2, 0.25) is 0 Å². The van der Waals surface area contributed by atoms with E-state index in [0.717, 1.165) is 62.7 Å². The van der Waals surface area contributed by atoms with Crippen LogP contribution < -0.4 is 10.6 Å². The Labute approximate surface area is 247 Å². The second-order valence-corrected chi connectivity index (χ2v) is 11.1. The van der Waals surface area contributed by atoms with Gasteiger partial charge in [-0.2, -0.15) is 13.2 Å². The molecule has 1 fully saturated rings. The first-order valence-electron chi connectivity index (χ1n) is 14.5. The van der Waals surface area contributed by atoms with Gasteiger partial charge in [0.2, 0.25) is 5.91 Å². The molecular weight excluding hydrogens is 572 g/mol. The number of carbonyl (C=O) groups is 2. The van der Waals surface area contributed by atoms with Crippen LogP contribution in [-0.2, 0) is 38.8 Å². The van der Waals surface area contributed by atoms with E-state index in [2.05, 4.69) is 26.7 Å². The Morgan fingerprint density at radius 3 is 2.70 bits per heavy atom. The molecule has 2 unspecified atom stereocenters. The molecule has 3 N–H and O–H groups in total. The maximum Gasteiger partial charge on any atom is 0.433 e. The van der Waals surface area contributed by atoms with Gasteiger partial charge in [-0.3, -0.25) is 4.79 Å². The zero-order valence-electron chi connectivity index (χ0n) is 24.1. The van der Waals surface area contributed by atoms with Crippen molar-refractivity contribution in [2.24, 2.45) is 0 Å². The maximum atomic E-state index is 13.6. The van der Waals surface area contributed by atoms with Crippen LogP contribution in [0, 0.1) is 0 Å². The largest absolute Gasteiger partial charge is 0.480 e.